The van der Waals surface area contributed by atoms with E-state index in [-0.39, 0.29) is 23.9 Å². The lowest BCUT2D eigenvalue weighted by Crippen LogP contribution is -2.51. The second-order valence-corrected chi connectivity index (χ2v) is 6.73. The molecule has 0 radical (unpaired) electrons. The number of pyridine rings is 1. The van der Waals surface area contributed by atoms with Gasteiger partial charge in [0, 0.05) is 30.0 Å². The molecule has 3 N–H and O–H groups in total. The lowest BCUT2D eigenvalue weighted by molar-refractivity contribution is 0.0925. The lowest BCUT2D eigenvalue weighted by Gasteiger charge is -2.30. The normalized spacial score (nSPS) is 20.4. The Balaban J connectivity index is 1.68. The minimum absolute atomic E-state index is 0.108. The van der Waals surface area contributed by atoms with Crippen molar-refractivity contribution in [3.8, 4) is 0 Å². The molecule has 2 unspecified atom stereocenters. The quantitative estimate of drug-likeness (QED) is 0.794. The Bertz CT molecular complexity index is 716. The van der Waals surface area contributed by atoms with Crippen molar-refractivity contribution in [3.05, 3.63) is 46.4 Å². The van der Waals surface area contributed by atoms with E-state index in [4.69, 9.17) is 0 Å². The van der Waals surface area contributed by atoms with Gasteiger partial charge < -0.3 is 16.0 Å². The Hall–Kier alpha value is -2.25. The molecule has 1 fully saturated rings. The summed E-state index contributed by atoms with van der Waals surface area (Å²) in [4.78, 5) is 29.2. The first-order valence-electron chi connectivity index (χ1n) is 7.98. The monoisotopic (exact) mass is 344 g/mol. The molecule has 0 spiro atoms. The first-order valence-corrected chi connectivity index (χ1v) is 8.86. The number of amides is 2. The fraction of sp³-hybridized carbons (Fsp3) is 0.353. The van der Waals surface area contributed by atoms with Gasteiger partial charge in [0.15, 0.2) is 0 Å². The summed E-state index contributed by atoms with van der Waals surface area (Å²) in [7, 11) is 0. The number of piperidine rings is 1. The molecule has 1 aliphatic rings. The Morgan fingerprint density at radius 3 is 2.79 bits per heavy atom. The molecule has 3 rings (SSSR count). The molecule has 126 valence electrons. The van der Waals surface area contributed by atoms with E-state index in [0.717, 1.165) is 19.4 Å². The number of nitrogens with one attached hydrogen (secondary N) is 3. The van der Waals surface area contributed by atoms with Crippen molar-refractivity contribution in [1.29, 1.82) is 0 Å². The number of hydrogen-bond acceptors (Lipinski definition) is 5. The predicted octanol–water partition coefficient (Wildman–Crippen LogP) is 2.27. The van der Waals surface area contributed by atoms with Crippen molar-refractivity contribution in [2.24, 2.45) is 0 Å². The summed E-state index contributed by atoms with van der Waals surface area (Å²) in [6.07, 6.45) is 5.14. The number of aromatic nitrogens is 1. The molecular weight excluding hydrogens is 324 g/mol. The maximum Gasteiger partial charge on any atom is 0.263 e. The smallest absolute Gasteiger partial charge is 0.263 e. The zero-order chi connectivity index (χ0) is 16.9. The molecule has 2 aromatic rings. The highest BCUT2D eigenvalue weighted by Crippen LogP contribution is 2.23. The van der Waals surface area contributed by atoms with Crippen molar-refractivity contribution < 1.29 is 9.59 Å². The Kier molecular flexibility index (Phi) is 5.22. The highest BCUT2D eigenvalue weighted by atomic mass is 32.1. The molecule has 2 atom stereocenters. The lowest BCUT2D eigenvalue weighted by atomic mass is 10.00. The average Bonchev–Trinajstić information content (AvgIpc) is 3.06. The van der Waals surface area contributed by atoms with Crippen LogP contribution in [-0.2, 0) is 0 Å². The van der Waals surface area contributed by atoms with E-state index in [1.165, 1.54) is 11.3 Å². The number of thiophene rings is 1. The number of rotatable bonds is 4. The van der Waals surface area contributed by atoms with Gasteiger partial charge in [0.25, 0.3) is 11.8 Å². The van der Waals surface area contributed by atoms with Crippen LogP contribution in [0.5, 0.6) is 0 Å². The van der Waals surface area contributed by atoms with Crippen molar-refractivity contribution in [3.63, 3.8) is 0 Å². The largest absolute Gasteiger partial charge is 0.347 e. The predicted molar refractivity (Wildman–Crippen MR) is 94.5 cm³/mol. The third-order valence-electron chi connectivity index (χ3n) is 4.14. The van der Waals surface area contributed by atoms with E-state index in [1.54, 1.807) is 36.0 Å². The van der Waals surface area contributed by atoms with Crippen molar-refractivity contribution in [2.45, 2.75) is 31.8 Å². The van der Waals surface area contributed by atoms with Crippen LogP contribution in [0.15, 0.2) is 36.0 Å². The second-order valence-electron chi connectivity index (χ2n) is 5.82. The SMILES string of the molecule is CC1NCCCC1NC(=O)c1sccc1NC(=O)c1ccncc1. The maximum atomic E-state index is 12.6. The number of hydrogen-bond donors (Lipinski definition) is 3. The van der Waals surface area contributed by atoms with Gasteiger partial charge in [-0.1, -0.05) is 0 Å². The van der Waals surface area contributed by atoms with E-state index >= 15 is 0 Å². The summed E-state index contributed by atoms with van der Waals surface area (Å²) < 4.78 is 0. The molecule has 0 bridgehead atoms. The molecular formula is C17H20N4O2S. The molecule has 1 saturated heterocycles. The third-order valence-corrected chi connectivity index (χ3v) is 5.05. The zero-order valence-electron chi connectivity index (χ0n) is 13.4. The fourth-order valence-electron chi connectivity index (χ4n) is 2.76. The van der Waals surface area contributed by atoms with Gasteiger partial charge in [0.1, 0.15) is 4.88 Å². The van der Waals surface area contributed by atoms with E-state index in [9.17, 15) is 9.59 Å². The minimum Gasteiger partial charge on any atom is -0.347 e. The topological polar surface area (TPSA) is 83.1 Å². The molecule has 0 aromatic carbocycles. The first-order chi connectivity index (χ1) is 11.6. The van der Waals surface area contributed by atoms with Gasteiger partial charge in [-0.25, -0.2) is 0 Å². The van der Waals surface area contributed by atoms with Gasteiger partial charge in [-0.15, -0.1) is 11.3 Å². The summed E-state index contributed by atoms with van der Waals surface area (Å²) >= 11 is 1.33. The van der Waals surface area contributed by atoms with E-state index in [0.29, 0.717) is 16.1 Å². The second kappa shape index (κ2) is 7.55. The van der Waals surface area contributed by atoms with E-state index in [2.05, 4.69) is 27.9 Å². The third kappa shape index (κ3) is 3.80. The maximum absolute atomic E-state index is 12.6. The van der Waals surface area contributed by atoms with Gasteiger partial charge >= 0.3 is 0 Å². The standard InChI is InChI=1S/C17H20N4O2S/c1-11-13(3-2-7-19-11)20-17(23)15-14(6-10-24-15)21-16(22)12-4-8-18-9-5-12/h4-6,8-11,13,19H,2-3,7H2,1H3,(H,20,23)(H,21,22). The Labute approximate surface area is 144 Å². The van der Waals surface area contributed by atoms with Crippen molar-refractivity contribution in [1.82, 2.24) is 15.6 Å². The Morgan fingerprint density at radius 1 is 1.25 bits per heavy atom. The van der Waals surface area contributed by atoms with Crippen LogP contribution in [0.3, 0.4) is 0 Å². The Morgan fingerprint density at radius 2 is 2.04 bits per heavy atom. The van der Waals surface area contributed by atoms with Crippen molar-refractivity contribution >= 4 is 28.8 Å². The van der Waals surface area contributed by atoms with Gasteiger partial charge in [-0.2, -0.15) is 0 Å². The molecule has 6 nitrogen and oxygen atoms in total. The van der Waals surface area contributed by atoms with Gasteiger partial charge in [0.2, 0.25) is 0 Å². The van der Waals surface area contributed by atoms with Gasteiger partial charge in [-0.3, -0.25) is 14.6 Å². The average molecular weight is 344 g/mol. The number of nitrogens with zero attached hydrogens (tertiary/aromatic N) is 1. The van der Waals surface area contributed by atoms with Crippen LogP contribution in [0.25, 0.3) is 0 Å². The fourth-order valence-corrected chi connectivity index (χ4v) is 3.51. The van der Waals surface area contributed by atoms with Crippen LogP contribution in [-0.4, -0.2) is 35.4 Å². The van der Waals surface area contributed by atoms with Gasteiger partial charge in [0.05, 0.1) is 5.69 Å². The summed E-state index contributed by atoms with van der Waals surface area (Å²) in [6.45, 7) is 3.06. The van der Waals surface area contributed by atoms with E-state index in [1.807, 2.05) is 0 Å². The zero-order valence-corrected chi connectivity index (χ0v) is 14.2. The van der Waals surface area contributed by atoms with Crippen LogP contribution in [0.4, 0.5) is 5.69 Å². The van der Waals surface area contributed by atoms with Gasteiger partial charge in [-0.05, 0) is 49.9 Å². The minimum atomic E-state index is -0.252. The molecule has 2 aromatic heterocycles. The highest BCUT2D eigenvalue weighted by molar-refractivity contribution is 7.12. The molecule has 0 aliphatic carbocycles. The van der Waals surface area contributed by atoms with Crippen LogP contribution in [0, 0.1) is 0 Å². The molecule has 3 heterocycles. The van der Waals surface area contributed by atoms with Crippen LogP contribution >= 0.6 is 11.3 Å². The van der Waals surface area contributed by atoms with Crippen LogP contribution in [0.1, 0.15) is 39.8 Å². The molecule has 24 heavy (non-hydrogen) atoms. The molecule has 7 heteroatoms. The number of carbonyl (C=O) groups is 2. The summed E-state index contributed by atoms with van der Waals surface area (Å²) in [5.41, 5.74) is 1.04. The van der Waals surface area contributed by atoms with Crippen molar-refractivity contribution in [2.75, 3.05) is 11.9 Å². The summed E-state index contributed by atoms with van der Waals surface area (Å²) in [5.74, 6) is -0.395. The molecule has 2 amide bonds. The number of anilines is 1. The summed E-state index contributed by atoms with van der Waals surface area (Å²) in [5, 5.41) is 11.0. The number of carbonyl (C=O) groups excluding carboxylic acids is 2. The molecule has 1 aliphatic heterocycles. The molecule has 0 saturated carbocycles. The van der Waals surface area contributed by atoms with E-state index < -0.39 is 0 Å². The highest BCUT2D eigenvalue weighted by Gasteiger charge is 2.24. The van der Waals surface area contributed by atoms with Crippen LogP contribution < -0.4 is 16.0 Å². The van der Waals surface area contributed by atoms with Crippen LogP contribution in [0.2, 0.25) is 0 Å². The first kappa shape index (κ1) is 16.6. The summed E-state index contributed by atoms with van der Waals surface area (Å²) in [6, 6.07) is 5.38.